The molecule has 3 heterocycles. The number of nitrogens with zero attached hydrogens (tertiary/aromatic N) is 2. The van der Waals surface area contributed by atoms with E-state index in [9.17, 15) is 9.59 Å². The summed E-state index contributed by atoms with van der Waals surface area (Å²) in [6.07, 6.45) is 0. The Morgan fingerprint density at radius 3 is 2.50 bits per heavy atom. The number of aryl methyl sites for hydroxylation is 2. The summed E-state index contributed by atoms with van der Waals surface area (Å²) >= 11 is 0. The molecule has 1 amide bonds. The molecular formula is C22H26N2O4. The van der Waals surface area contributed by atoms with Crippen LogP contribution in [0.4, 0.5) is 0 Å². The van der Waals surface area contributed by atoms with E-state index in [4.69, 9.17) is 9.15 Å². The molecule has 3 atom stereocenters. The molecule has 0 radical (unpaired) electrons. The van der Waals surface area contributed by atoms with Crippen LogP contribution in [0.25, 0.3) is 0 Å². The molecule has 1 aromatic carbocycles. The third-order valence-electron chi connectivity index (χ3n) is 6.19. The second kappa shape index (κ2) is 7.09. The molecule has 0 unspecified atom stereocenters. The van der Waals surface area contributed by atoms with E-state index in [0.29, 0.717) is 35.3 Å². The minimum absolute atomic E-state index is 0.0377. The Labute approximate surface area is 164 Å². The van der Waals surface area contributed by atoms with Gasteiger partial charge in [-0.25, -0.2) is 4.79 Å². The lowest BCUT2D eigenvalue weighted by molar-refractivity contribution is 0.0763. The average molecular weight is 382 g/mol. The van der Waals surface area contributed by atoms with Crippen LogP contribution in [-0.2, 0) is 0 Å². The quantitative estimate of drug-likeness (QED) is 0.817. The molecule has 4 rings (SSSR count). The molecule has 0 spiro atoms. The van der Waals surface area contributed by atoms with Gasteiger partial charge in [-0.2, -0.15) is 0 Å². The minimum Gasteiger partial charge on any atom is -0.497 e. The van der Waals surface area contributed by atoms with Crippen molar-refractivity contribution in [2.45, 2.75) is 19.9 Å². The van der Waals surface area contributed by atoms with Crippen LogP contribution in [-0.4, -0.2) is 49.5 Å². The molecule has 6 nitrogen and oxygen atoms in total. The number of rotatable bonds is 3. The molecule has 148 valence electrons. The predicted octanol–water partition coefficient (Wildman–Crippen LogP) is 2.64. The number of fused-ring (bicyclic) bond motifs is 1. The molecule has 28 heavy (non-hydrogen) atoms. The predicted molar refractivity (Wildman–Crippen MR) is 106 cm³/mol. The fourth-order valence-corrected chi connectivity index (χ4v) is 4.96. The normalized spacial score (nSPS) is 24.4. The number of likely N-dealkylation sites (tertiary alicyclic amines) is 2. The second-order valence-corrected chi connectivity index (χ2v) is 7.97. The molecule has 0 N–H and O–H groups in total. The zero-order valence-corrected chi connectivity index (χ0v) is 16.8. The SMILES string of the molecule is COc1ccc([C@H]2[C@@H]3CN(C(=O)c4c(C)cc(=O)oc4C)C[C@@H]3CN2C)cc1. The standard InChI is InChI=1S/C22H26N2O4/c1-13-9-19(25)28-14(2)20(13)22(26)24-11-16-10-23(3)21(18(16)12-24)15-5-7-17(27-4)8-6-15/h5-9,16,18,21H,10-12H2,1-4H3/t16-,18+,21-/m0/s1. The van der Waals surface area contributed by atoms with E-state index < -0.39 is 5.63 Å². The smallest absolute Gasteiger partial charge is 0.336 e. The zero-order chi connectivity index (χ0) is 20.0. The number of carbonyl (C=O) groups is 1. The van der Waals surface area contributed by atoms with Gasteiger partial charge in [-0.15, -0.1) is 0 Å². The Morgan fingerprint density at radius 2 is 1.86 bits per heavy atom. The molecule has 2 saturated heterocycles. The van der Waals surface area contributed by atoms with Gasteiger partial charge in [-0.05, 0) is 50.1 Å². The summed E-state index contributed by atoms with van der Waals surface area (Å²) in [7, 11) is 3.82. The average Bonchev–Trinajstić information content (AvgIpc) is 3.17. The van der Waals surface area contributed by atoms with Crippen molar-refractivity contribution in [3.8, 4) is 5.75 Å². The highest BCUT2D eigenvalue weighted by molar-refractivity contribution is 5.96. The number of methoxy groups -OCH3 is 1. The monoisotopic (exact) mass is 382 g/mol. The number of amides is 1. The molecule has 0 saturated carbocycles. The molecule has 2 aliphatic rings. The lowest BCUT2D eigenvalue weighted by Crippen LogP contribution is -2.34. The van der Waals surface area contributed by atoms with Crippen LogP contribution in [0.15, 0.2) is 39.5 Å². The largest absolute Gasteiger partial charge is 0.497 e. The first-order chi connectivity index (χ1) is 13.4. The highest BCUT2D eigenvalue weighted by atomic mass is 16.5. The van der Waals surface area contributed by atoms with E-state index in [0.717, 1.165) is 18.8 Å². The third kappa shape index (κ3) is 3.11. The van der Waals surface area contributed by atoms with Gasteiger partial charge in [-0.1, -0.05) is 12.1 Å². The van der Waals surface area contributed by atoms with Gasteiger partial charge in [0.15, 0.2) is 0 Å². The molecule has 0 aliphatic carbocycles. The van der Waals surface area contributed by atoms with Crippen molar-refractivity contribution in [2.75, 3.05) is 33.8 Å². The van der Waals surface area contributed by atoms with E-state index in [1.54, 1.807) is 21.0 Å². The van der Waals surface area contributed by atoms with Crippen molar-refractivity contribution in [3.63, 3.8) is 0 Å². The molecule has 2 aliphatic heterocycles. The first-order valence-corrected chi connectivity index (χ1v) is 9.64. The van der Waals surface area contributed by atoms with Crippen molar-refractivity contribution in [1.82, 2.24) is 9.80 Å². The first-order valence-electron chi connectivity index (χ1n) is 9.64. The van der Waals surface area contributed by atoms with Gasteiger partial charge in [0, 0.05) is 37.7 Å². The van der Waals surface area contributed by atoms with Crippen LogP contribution in [0.1, 0.15) is 33.3 Å². The molecular weight excluding hydrogens is 356 g/mol. The Balaban J connectivity index is 1.57. The van der Waals surface area contributed by atoms with Gasteiger partial charge in [0.25, 0.3) is 5.91 Å². The van der Waals surface area contributed by atoms with Crippen LogP contribution in [0.3, 0.4) is 0 Å². The molecule has 1 aromatic heterocycles. The Kier molecular flexibility index (Phi) is 4.75. The molecule has 6 heteroatoms. The summed E-state index contributed by atoms with van der Waals surface area (Å²) in [5.74, 6) is 2.04. The highest BCUT2D eigenvalue weighted by Crippen LogP contribution is 2.44. The number of hydrogen-bond acceptors (Lipinski definition) is 5. The summed E-state index contributed by atoms with van der Waals surface area (Å²) < 4.78 is 10.4. The Bertz CT molecular complexity index is 924. The van der Waals surface area contributed by atoms with Gasteiger partial charge in [-0.3, -0.25) is 9.69 Å². The lowest BCUT2D eigenvalue weighted by Gasteiger charge is -2.27. The molecule has 2 aromatic rings. The fourth-order valence-electron chi connectivity index (χ4n) is 4.96. The summed E-state index contributed by atoms with van der Waals surface area (Å²) in [4.78, 5) is 29.0. The van der Waals surface area contributed by atoms with Gasteiger partial charge in [0.2, 0.25) is 0 Å². The Hall–Kier alpha value is -2.60. The minimum atomic E-state index is -0.411. The van der Waals surface area contributed by atoms with Crippen molar-refractivity contribution in [1.29, 1.82) is 0 Å². The van der Waals surface area contributed by atoms with E-state index >= 15 is 0 Å². The number of benzene rings is 1. The molecule has 2 fully saturated rings. The van der Waals surface area contributed by atoms with E-state index in [-0.39, 0.29) is 11.9 Å². The number of hydrogen-bond donors (Lipinski definition) is 0. The van der Waals surface area contributed by atoms with Crippen molar-refractivity contribution < 1.29 is 13.9 Å². The zero-order valence-electron chi connectivity index (χ0n) is 16.8. The van der Waals surface area contributed by atoms with Crippen LogP contribution in [0.2, 0.25) is 0 Å². The third-order valence-corrected chi connectivity index (χ3v) is 6.19. The molecule has 0 bridgehead atoms. The van der Waals surface area contributed by atoms with Gasteiger partial charge in [0.1, 0.15) is 11.5 Å². The van der Waals surface area contributed by atoms with Crippen LogP contribution < -0.4 is 10.4 Å². The van der Waals surface area contributed by atoms with Crippen molar-refractivity contribution in [3.05, 3.63) is 63.2 Å². The topological polar surface area (TPSA) is 63.0 Å². The van der Waals surface area contributed by atoms with Crippen LogP contribution in [0, 0.1) is 25.7 Å². The van der Waals surface area contributed by atoms with Crippen molar-refractivity contribution in [2.24, 2.45) is 11.8 Å². The van der Waals surface area contributed by atoms with E-state index in [1.807, 2.05) is 17.0 Å². The highest BCUT2D eigenvalue weighted by Gasteiger charge is 2.47. The Morgan fingerprint density at radius 1 is 1.14 bits per heavy atom. The van der Waals surface area contributed by atoms with Crippen molar-refractivity contribution >= 4 is 5.91 Å². The summed E-state index contributed by atoms with van der Waals surface area (Å²) in [6, 6.07) is 9.90. The fraction of sp³-hybridized carbons (Fsp3) is 0.455. The van der Waals surface area contributed by atoms with E-state index in [1.165, 1.54) is 11.6 Å². The van der Waals surface area contributed by atoms with Gasteiger partial charge in [0.05, 0.1) is 12.7 Å². The van der Waals surface area contributed by atoms with Crippen LogP contribution in [0.5, 0.6) is 5.75 Å². The number of carbonyl (C=O) groups excluding carboxylic acids is 1. The summed E-state index contributed by atoms with van der Waals surface area (Å²) in [5.41, 5.74) is 2.04. The van der Waals surface area contributed by atoms with E-state index in [2.05, 4.69) is 24.1 Å². The lowest BCUT2D eigenvalue weighted by atomic mass is 9.89. The van der Waals surface area contributed by atoms with Gasteiger partial charge >= 0.3 is 5.63 Å². The first kappa shape index (κ1) is 18.7. The summed E-state index contributed by atoms with van der Waals surface area (Å²) in [5, 5.41) is 0. The van der Waals surface area contributed by atoms with Gasteiger partial charge < -0.3 is 14.1 Å². The van der Waals surface area contributed by atoms with Crippen LogP contribution >= 0.6 is 0 Å². The maximum Gasteiger partial charge on any atom is 0.336 e. The number of ether oxygens (including phenoxy) is 1. The maximum absolute atomic E-state index is 13.2. The maximum atomic E-state index is 13.2. The summed E-state index contributed by atoms with van der Waals surface area (Å²) in [6.45, 7) is 5.89. The second-order valence-electron chi connectivity index (χ2n) is 7.97.